The standard InChI is InChI=1S/C8H13I3O3/c1-2-3-4-5(9)6(10)7(11)8(12,13)14/h5,12-14H,2-4H2,1H3. The molecule has 0 rings (SSSR count). The molecule has 14 heavy (non-hydrogen) atoms. The zero-order valence-corrected chi connectivity index (χ0v) is 14.1. The summed E-state index contributed by atoms with van der Waals surface area (Å²) in [5.74, 6) is -2.69. The van der Waals surface area contributed by atoms with Crippen LogP contribution < -0.4 is 0 Å². The van der Waals surface area contributed by atoms with Crippen LogP contribution in [0.25, 0.3) is 0 Å². The lowest BCUT2D eigenvalue weighted by molar-refractivity contribution is -0.275. The van der Waals surface area contributed by atoms with Crippen molar-refractivity contribution in [3.05, 3.63) is 7.16 Å². The first-order chi connectivity index (χ1) is 6.30. The monoisotopic (exact) mass is 538 g/mol. The second kappa shape index (κ2) is 7.20. The number of unbranched alkanes of at least 4 members (excludes halogenated alkanes) is 1. The zero-order valence-electron chi connectivity index (χ0n) is 7.67. The Labute approximate surface area is 125 Å². The Bertz CT molecular complexity index is 210. The molecule has 0 aromatic heterocycles. The molecule has 0 saturated heterocycles. The van der Waals surface area contributed by atoms with Crippen molar-refractivity contribution in [2.24, 2.45) is 0 Å². The van der Waals surface area contributed by atoms with Crippen LogP contribution in [0.5, 0.6) is 0 Å². The van der Waals surface area contributed by atoms with E-state index in [9.17, 15) is 0 Å². The van der Waals surface area contributed by atoms with E-state index in [0.717, 1.165) is 22.8 Å². The van der Waals surface area contributed by atoms with Crippen LogP contribution in [0.15, 0.2) is 7.16 Å². The fraction of sp³-hybridized carbons (Fsp3) is 0.750. The maximum Gasteiger partial charge on any atom is 0.311 e. The van der Waals surface area contributed by atoms with E-state index in [-0.39, 0.29) is 7.50 Å². The van der Waals surface area contributed by atoms with E-state index in [4.69, 9.17) is 15.3 Å². The Kier molecular flexibility index (Phi) is 8.13. The molecular weight excluding hydrogens is 525 g/mol. The molecular formula is C8H13I3O3. The number of allylic oxidation sites excluding steroid dienone is 1. The minimum atomic E-state index is -2.69. The van der Waals surface area contributed by atoms with Gasteiger partial charge in [-0.05, 0) is 51.6 Å². The Hall–Kier alpha value is 1.81. The van der Waals surface area contributed by atoms with Gasteiger partial charge in [0.25, 0.3) is 0 Å². The molecule has 0 amide bonds. The van der Waals surface area contributed by atoms with Crippen LogP contribution in [-0.2, 0) is 0 Å². The van der Waals surface area contributed by atoms with Gasteiger partial charge < -0.3 is 15.3 Å². The van der Waals surface area contributed by atoms with Crippen LogP contribution in [0.1, 0.15) is 26.2 Å². The number of halogens is 3. The summed E-state index contributed by atoms with van der Waals surface area (Å²) in [6.45, 7) is 2.11. The second-order valence-electron chi connectivity index (χ2n) is 2.91. The van der Waals surface area contributed by atoms with Gasteiger partial charge in [0, 0.05) is 7.50 Å². The molecule has 3 nitrogen and oxygen atoms in total. The summed E-state index contributed by atoms with van der Waals surface area (Å²) in [6.07, 6.45) is 3.19. The average molecular weight is 538 g/mol. The summed E-state index contributed by atoms with van der Waals surface area (Å²) in [4.78, 5) is 0. The number of hydrogen-bond acceptors (Lipinski definition) is 3. The van der Waals surface area contributed by atoms with Gasteiger partial charge in [-0.15, -0.1) is 0 Å². The lowest BCUT2D eigenvalue weighted by Gasteiger charge is -2.18. The fourth-order valence-electron chi connectivity index (χ4n) is 0.808. The van der Waals surface area contributed by atoms with Gasteiger partial charge in [-0.3, -0.25) is 0 Å². The molecule has 0 aliphatic carbocycles. The largest absolute Gasteiger partial charge is 0.339 e. The predicted molar refractivity (Wildman–Crippen MR) is 81.8 cm³/mol. The van der Waals surface area contributed by atoms with Crippen molar-refractivity contribution in [2.75, 3.05) is 0 Å². The van der Waals surface area contributed by atoms with Crippen molar-refractivity contribution in [1.82, 2.24) is 0 Å². The molecule has 0 aliphatic heterocycles. The highest BCUT2D eigenvalue weighted by Gasteiger charge is 2.27. The third-order valence-electron chi connectivity index (χ3n) is 1.59. The van der Waals surface area contributed by atoms with Crippen molar-refractivity contribution in [3.63, 3.8) is 0 Å². The van der Waals surface area contributed by atoms with Gasteiger partial charge in [0.15, 0.2) is 0 Å². The Morgan fingerprint density at radius 2 is 1.79 bits per heavy atom. The van der Waals surface area contributed by atoms with Gasteiger partial charge >= 0.3 is 5.97 Å². The molecule has 1 unspecified atom stereocenters. The molecule has 6 heteroatoms. The molecule has 0 spiro atoms. The highest BCUT2D eigenvalue weighted by molar-refractivity contribution is 14.1. The van der Waals surface area contributed by atoms with E-state index in [0.29, 0.717) is 0 Å². The van der Waals surface area contributed by atoms with Crippen LogP contribution in [-0.4, -0.2) is 25.2 Å². The van der Waals surface area contributed by atoms with Gasteiger partial charge in [0.05, 0.1) is 3.58 Å². The van der Waals surface area contributed by atoms with Crippen molar-refractivity contribution in [2.45, 2.75) is 36.1 Å². The zero-order chi connectivity index (χ0) is 11.4. The highest BCUT2D eigenvalue weighted by atomic mass is 127. The molecule has 84 valence electrons. The van der Waals surface area contributed by atoms with Crippen LogP contribution in [0.4, 0.5) is 0 Å². The summed E-state index contributed by atoms with van der Waals surface area (Å²) >= 11 is 6.04. The van der Waals surface area contributed by atoms with Gasteiger partial charge in [0.1, 0.15) is 0 Å². The van der Waals surface area contributed by atoms with Crippen molar-refractivity contribution in [1.29, 1.82) is 0 Å². The molecule has 0 aromatic rings. The van der Waals surface area contributed by atoms with Crippen LogP contribution in [0.3, 0.4) is 0 Å². The molecule has 0 heterocycles. The Morgan fingerprint density at radius 1 is 1.29 bits per heavy atom. The topological polar surface area (TPSA) is 60.7 Å². The lowest BCUT2D eigenvalue weighted by Crippen LogP contribution is -2.28. The first-order valence-electron chi connectivity index (χ1n) is 4.17. The van der Waals surface area contributed by atoms with E-state index < -0.39 is 5.97 Å². The van der Waals surface area contributed by atoms with Gasteiger partial charge in [-0.2, -0.15) is 0 Å². The van der Waals surface area contributed by atoms with E-state index in [2.05, 4.69) is 29.5 Å². The molecule has 0 aliphatic rings. The average Bonchev–Trinajstić information content (AvgIpc) is 2.10. The predicted octanol–water partition coefficient (Wildman–Crippen LogP) is 2.69. The van der Waals surface area contributed by atoms with Gasteiger partial charge in [-0.25, -0.2) is 0 Å². The highest BCUT2D eigenvalue weighted by Crippen LogP contribution is 2.34. The maximum atomic E-state index is 8.97. The number of alkyl halides is 1. The minimum Gasteiger partial charge on any atom is -0.339 e. The molecule has 0 radical (unpaired) electrons. The lowest BCUT2D eigenvalue weighted by atomic mass is 10.2. The molecule has 0 fully saturated rings. The number of aliphatic hydroxyl groups is 3. The Balaban J connectivity index is 4.49. The first-order valence-corrected chi connectivity index (χ1v) is 7.57. The fourth-order valence-corrected chi connectivity index (χ4v) is 3.20. The van der Waals surface area contributed by atoms with Crippen LogP contribution in [0.2, 0.25) is 0 Å². The smallest absolute Gasteiger partial charge is 0.311 e. The molecule has 0 saturated carbocycles. The van der Waals surface area contributed by atoms with Crippen molar-refractivity contribution in [3.8, 4) is 0 Å². The molecule has 1 atom stereocenters. The Morgan fingerprint density at radius 3 is 2.14 bits per heavy atom. The third-order valence-corrected chi connectivity index (χ3v) is 7.66. The molecule has 0 bridgehead atoms. The quantitative estimate of drug-likeness (QED) is 0.287. The van der Waals surface area contributed by atoms with Gasteiger partial charge in [0.2, 0.25) is 0 Å². The molecule has 0 aromatic carbocycles. The summed E-state index contributed by atoms with van der Waals surface area (Å²) in [5, 5.41) is 26.9. The van der Waals surface area contributed by atoms with Gasteiger partial charge in [-0.1, -0.05) is 42.4 Å². The summed E-state index contributed by atoms with van der Waals surface area (Å²) in [7, 11) is 0. The summed E-state index contributed by atoms with van der Waals surface area (Å²) < 4.78 is 1.21. The van der Waals surface area contributed by atoms with E-state index in [1.165, 1.54) is 0 Å². The van der Waals surface area contributed by atoms with Crippen molar-refractivity contribution >= 4 is 67.8 Å². The summed E-state index contributed by atoms with van der Waals surface area (Å²) in [6, 6.07) is 0. The number of rotatable bonds is 5. The normalized spacial score (nSPS) is 16.5. The van der Waals surface area contributed by atoms with E-state index in [1.54, 1.807) is 22.6 Å². The number of hydrogen-bond donors (Lipinski definition) is 3. The van der Waals surface area contributed by atoms with E-state index >= 15 is 0 Å². The van der Waals surface area contributed by atoms with Crippen LogP contribution >= 0.6 is 67.8 Å². The maximum absolute atomic E-state index is 8.97. The van der Waals surface area contributed by atoms with Crippen LogP contribution in [0, 0.1) is 0 Å². The third kappa shape index (κ3) is 5.77. The SMILES string of the molecule is CCCCC(I)C(I)=C(I)C(O)(O)O. The van der Waals surface area contributed by atoms with Crippen molar-refractivity contribution < 1.29 is 15.3 Å². The second-order valence-corrected chi connectivity index (χ2v) is 6.65. The summed E-state index contributed by atoms with van der Waals surface area (Å²) in [5.41, 5.74) is 0. The van der Waals surface area contributed by atoms with E-state index in [1.807, 2.05) is 22.6 Å². The first kappa shape index (κ1) is 15.8. The molecule has 3 N–H and O–H groups in total. The minimum absolute atomic E-state index is 0.186.